The second-order valence-corrected chi connectivity index (χ2v) is 8.60. The highest BCUT2D eigenvalue weighted by Crippen LogP contribution is 2.30. The number of carbonyl (C=O) groups excluding carboxylic acids is 1. The van der Waals surface area contributed by atoms with Crippen molar-refractivity contribution in [1.29, 1.82) is 0 Å². The first-order valence-electron chi connectivity index (χ1n) is 8.74. The summed E-state index contributed by atoms with van der Waals surface area (Å²) in [5.41, 5.74) is 1.04. The summed E-state index contributed by atoms with van der Waals surface area (Å²) in [7, 11) is -3.78. The summed E-state index contributed by atoms with van der Waals surface area (Å²) in [6, 6.07) is 8.14. The zero-order valence-corrected chi connectivity index (χ0v) is 16.4. The quantitative estimate of drug-likeness (QED) is 0.813. The number of carbonyl (C=O) groups is 1. The second-order valence-electron chi connectivity index (χ2n) is 6.59. The lowest BCUT2D eigenvalue weighted by Crippen LogP contribution is -2.50. The molecule has 1 fully saturated rings. The molecule has 0 radical (unpaired) electrons. The Kier molecular flexibility index (Phi) is 5.05. The third-order valence-electron chi connectivity index (χ3n) is 4.67. The number of amidine groups is 1. The average Bonchev–Trinajstić information content (AvgIpc) is 2.69. The molecule has 0 bridgehead atoms. The van der Waals surface area contributed by atoms with Gasteiger partial charge in [-0.3, -0.25) is 14.7 Å². The first kappa shape index (κ1) is 18.9. The molecule has 4 rings (SSSR count). The minimum atomic E-state index is -3.78. The number of sulfonamides is 1. The number of pyridine rings is 1. The molecule has 1 N–H and O–H groups in total. The van der Waals surface area contributed by atoms with Gasteiger partial charge in [-0.1, -0.05) is 11.6 Å². The maximum Gasteiger partial charge on any atom is 0.286 e. The van der Waals surface area contributed by atoms with E-state index in [4.69, 9.17) is 11.6 Å². The van der Waals surface area contributed by atoms with Gasteiger partial charge in [0.25, 0.3) is 15.9 Å². The van der Waals surface area contributed by atoms with Crippen molar-refractivity contribution in [3.05, 3.63) is 53.3 Å². The lowest BCUT2D eigenvalue weighted by Gasteiger charge is -2.35. The number of anilines is 1. The molecule has 2 aliphatic heterocycles. The molecular weight excluding hydrogens is 402 g/mol. The molecule has 2 aromatic rings. The Morgan fingerprint density at radius 3 is 2.68 bits per heavy atom. The van der Waals surface area contributed by atoms with E-state index in [1.165, 1.54) is 6.07 Å². The molecular formula is C18H18ClN5O3S. The van der Waals surface area contributed by atoms with E-state index in [0.717, 1.165) is 0 Å². The standard InChI is InChI=1S/C18H18ClN5O3S/c19-14-3-4-15-16(10-14)28(26,27)22-17(21-15)12-23-6-8-24(9-7-23)18(25)13-2-1-5-20-11-13/h1-5,10-11H,6-9,12H2,(H,21,22). The molecule has 10 heteroatoms. The van der Waals surface area contributed by atoms with Crippen LogP contribution in [0.2, 0.25) is 5.02 Å². The first-order chi connectivity index (χ1) is 13.4. The smallest absolute Gasteiger partial charge is 0.286 e. The van der Waals surface area contributed by atoms with Crippen LogP contribution < -0.4 is 5.32 Å². The third-order valence-corrected chi connectivity index (χ3v) is 6.26. The third kappa shape index (κ3) is 3.87. The Bertz CT molecular complexity index is 1030. The minimum absolute atomic E-state index is 0.0470. The van der Waals surface area contributed by atoms with E-state index >= 15 is 0 Å². The van der Waals surface area contributed by atoms with Crippen LogP contribution in [0.25, 0.3) is 0 Å². The fourth-order valence-corrected chi connectivity index (χ4v) is 4.65. The Morgan fingerprint density at radius 1 is 1.18 bits per heavy atom. The zero-order chi connectivity index (χ0) is 19.7. The molecule has 1 saturated heterocycles. The number of hydrogen-bond acceptors (Lipinski definition) is 6. The lowest BCUT2D eigenvalue weighted by atomic mass is 10.2. The van der Waals surface area contributed by atoms with Crippen molar-refractivity contribution in [1.82, 2.24) is 14.8 Å². The molecule has 0 aliphatic carbocycles. The Morgan fingerprint density at radius 2 is 1.96 bits per heavy atom. The molecule has 3 heterocycles. The van der Waals surface area contributed by atoms with Crippen LogP contribution in [0.15, 0.2) is 52.0 Å². The molecule has 1 amide bonds. The van der Waals surface area contributed by atoms with Crippen molar-refractivity contribution < 1.29 is 13.2 Å². The van der Waals surface area contributed by atoms with E-state index < -0.39 is 10.0 Å². The summed E-state index contributed by atoms with van der Waals surface area (Å²) in [5.74, 6) is 0.316. The molecule has 0 unspecified atom stereocenters. The van der Waals surface area contributed by atoms with Crippen LogP contribution in [0, 0.1) is 0 Å². The number of rotatable bonds is 3. The number of benzene rings is 1. The van der Waals surface area contributed by atoms with Crippen molar-refractivity contribution >= 4 is 39.1 Å². The number of halogens is 1. The van der Waals surface area contributed by atoms with E-state index in [1.807, 2.05) is 0 Å². The van der Waals surface area contributed by atoms with Crippen LogP contribution in [0.3, 0.4) is 0 Å². The first-order valence-corrected chi connectivity index (χ1v) is 10.6. The second kappa shape index (κ2) is 7.50. The van der Waals surface area contributed by atoms with Gasteiger partial charge in [0.15, 0.2) is 0 Å². The van der Waals surface area contributed by atoms with Gasteiger partial charge in [-0.25, -0.2) is 0 Å². The summed E-state index contributed by atoms with van der Waals surface area (Å²) >= 11 is 5.89. The Balaban J connectivity index is 1.40. The van der Waals surface area contributed by atoms with Crippen molar-refractivity contribution in [2.45, 2.75) is 4.90 Å². The van der Waals surface area contributed by atoms with E-state index in [1.54, 1.807) is 41.6 Å². The molecule has 1 aromatic carbocycles. The lowest BCUT2D eigenvalue weighted by molar-refractivity contribution is 0.0654. The predicted octanol–water partition coefficient (Wildman–Crippen LogP) is 1.71. The largest absolute Gasteiger partial charge is 0.341 e. The zero-order valence-electron chi connectivity index (χ0n) is 14.9. The van der Waals surface area contributed by atoms with Crippen LogP contribution >= 0.6 is 11.6 Å². The summed E-state index contributed by atoms with van der Waals surface area (Å²) in [4.78, 5) is 20.4. The van der Waals surface area contributed by atoms with Gasteiger partial charge in [0.05, 0.1) is 17.8 Å². The van der Waals surface area contributed by atoms with Gasteiger partial charge < -0.3 is 10.2 Å². The van der Waals surface area contributed by atoms with E-state index in [0.29, 0.717) is 54.8 Å². The highest BCUT2D eigenvalue weighted by atomic mass is 35.5. The predicted molar refractivity (Wildman–Crippen MR) is 106 cm³/mol. The number of piperazine rings is 1. The van der Waals surface area contributed by atoms with Crippen LogP contribution in [-0.2, 0) is 10.0 Å². The van der Waals surface area contributed by atoms with Crippen LogP contribution in [0.5, 0.6) is 0 Å². The maximum atomic E-state index is 12.5. The molecule has 2 aliphatic rings. The fourth-order valence-electron chi connectivity index (χ4n) is 3.25. The topological polar surface area (TPSA) is 95.0 Å². The summed E-state index contributed by atoms with van der Waals surface area (Å²) < 4.78 is 28.7. The van der Waals surface area contributed by atoms with Crippen molar-refractivity contribution in [3.8, 4) is 0 Å². The minimum Gasteiger partial charge on any atom is -0.341 e. The maximum absolute atomic E-state index is 12.5. The summed E-state index contributed by atoms with van der Waals surface area (Å²) in [6.45, 7) is 2.72. The van der Waals surface area contributed by atoms with E-state index in [9.17, 15) is 13.2 Å². The highest BCUT2D eigenvalue weighted by Gasteiger charge is 2.28. The molecule has 146 valence electrons. The molecule has 0 saturated carbocycles. The number of nitrogens with one attached hydrogen (secondary N) is 1. The summed E-state index contributed by atoms with van der Waals surface area (Å²) in [6.07, 6.45) is 3.19. The van der Waals surface area contributed by atoms with Gasteiger partial charge in [0.2, 0.25) is 0 Å². The fraction of sp³-hybridized carbons (Fsp3) is 0.278. The number of aromatic nitrogens is 1. The van der Waals surface area contributed by atoms with Crippen LogP contribution in [0.1, 0.15) is 10.4 Å². The van der Waals surface area contributed by atoms with E-state index in [2.05, 4.69) is 19.6 Å². The number of amides is 1. The van der Waals surface area contributed by atoms with Gasteiger partial charge >= 0.3 is 0 Å². The van der Waals surface area contributed by atoms with E-state index in [-0.39, 0.29) is 10.8 Å². The molecule has 8 nitrogen and oxygen atoms in total. The Hall–Kier alpha value is -2.49. The normalized spacial score (nSPS) is 18.8. The van der Waals surface area contributed by atoms with Gasteiger partial charge in [-0.15, -0.1) is 4.40 Å². The molecule has 1 aromatic heterocycles. The average molecular weight is 420 g/mol. The summed E-state index contributed by atoms with van der Waals surface area (Å²) in [5, 5.41) is 3.41. The number of nitrogens with zero attached hydrogens (tertiary/aromatic N) is 4. The molecule has 0 atom stereocenters. The highest BCUT2D eigenvalue weighted by molar-refractivity contribution is 7.90. The van der Waals surface area contributed by atoms with Gasteiger partial charge in [-0.05, 0) is 30.3 Å². The molecule has 0 spiro atoms. The van der Waals surface area contributed by atoms with Crippen LogP contribution in [0.4, 0.5) is 5.69 Å². The van der Waals surface area contributed by atoms with Crippen molar-refractivity contribution in [2.75, 3.05) is 38.0 Å². The monoisotopic (exact) mass is 419 g/mol. The van der Waals surface area contributed by atoms with Crippen molar-refractivity contribution in [2.24, 2.45) is 4.40 Å². The van der Waals surface area contributed by atoms with Crippen LogP contribution in [-0.4, -0.2) is 67.7 Å². The van der Waals surface area contributed by atoms with Gasteiger partial charge in [-0.2, -0.15) is 8.42 Å². The molecule has 28 heavy (non-hydrogen) atoms. The number of fused-ring (bicyclic) bond motifs is 1. The van der Waals surface area contributed by atoms with Gasteiger partial charge in [0.1, 0.15) is 10.7 Å². The Labute approximate surface area is 167 Å². The van der Waals surface area contributed by atoms with Crippen molar-refractivity contribution in [3.63, 3.8) is 0 Å². The SMILES string of the molecule is O=C(c1cccnc1)N1CCN(CC2=NS(=O)(=O)c3cc(Cl)ccc3N2)CC1. The van der Waals surface area contributed by atoms with Gasteiger partial charge in [0, 0.05) is 43.6 Å². The number of hydrogen-bond donors (Lipinski definition) is 1.